The van der Waals surface area contributed by atoms with E-state index in [4.69, 9.17) is 15.3 Å². The molecule has 0 bridgehead atoms. The third-order valence-electron chi connectivity index (χ3n) is 1.50. The van der Waals surface area contributed by atoms with Gasteiger partial charge >= 0.3 is 0 Å². The lowest BCUT2D eigenvalue weighted by Gasteiger charge is -2.10. The molecule has 1 aliphatic rings. The zero-order valence-electron chi connectivity index (χ0n) is 4.99. The Balaban J connectivity index is 2.30. The van der Waals surface area contributed by atoms with Gasteiger partial charge in [-0.2, -0.15) is 0 Å². The smallest absolute Gasteiger partial charge is 0.167 e. The molecule has 0 aromatic rings. The molecule has 0 aliphatic carbocycles. The second-order valence-corrected chi connectivity index (χ2v) is 2.32. The minimum Gasteiger partial charge on any atom is -0.392 e. The summed E-state index contributed by atoms with van der Waals surface area (Å²) >= 11 is 0. The number of hydrogen-bond donors (Lipinski definition) is 4. The van der Waals surface area contributed by atoms with Gasteiger partial charge in [0.1, 0.15) is 0 Å². The first-order valence-corrected chi connectivity index (χ1v) is 2.97. The molecule has 0 amide bonds. The Bertz CT molecular complexity index is 96.2. The summed E-state index contributed by atoms with van der Waals surface area (Å²) in [6.45, 7) is 0.461. The highest BCUT2D eigenvalue weighted by Gasteiger charge is 2.26. The zero-order chi connectivity index (χ0) is 6.85. The Hall–Kier alpha value is -0.160. The first-order valence-electron chi connectivity index (χ1n) is 2.97. The molecule has 1 heterocycles. The topological polar surface area (TPSA) is 72.7 Å². The summed E-state index contributed by atoms with van der Waals surface area (Å²) in [6, 6.07) is -0.347. The largest absolute Gasteiger partial charge is 0.392 e. The predicted molar refractivity (Wildman–Crippen MR) is 30.6 cm³/mol. The van der Waals surface area contributed by atoms with Gasteiger partial charge in [0, 0.05) is 6.54 Å². The molecule has 0 radical (unpaired) electrons. The molecule has 1 rings (SSSR count). The van der Waals surface area contributed by atoms with Gasteiger partial charge in [-0.15, -0.1) is 0 Å². The van der Waals surface area contributed by atoms with Gasteiger partial charge in [0.25, 0.3) is 0 Å². The number of aliphatic hydroxyl groups is 3. The first kappa shape index (κ1) is 6.95. The minimum absolute atomic E-state index is 0.347. The van der Waals surface area contributed by atoms with Crippen LogP contribution >= 0.6 is 0 Å². The van der Waals surface area contributed by atoms with Crippen molar-refractivity contribution in [3.05, 3.63) is 0 Å². The van der Waals surface area contributed by atoms with Crippen LogP contribution in [0, 0.1) is 0 Å². The van der Waals surface area contributed by atoms with Crippen LogP contribution in [0.2, 0.25) is 0 Å². The van der Waals surface area contributed by atoms with Crippen molar-refractivity contribution in [2.45, 2.75) is 24.9 Å². The molecule has 4 heteroatoms. The van der Waals surface area contributed by atoms with Crippen molar-refractivity contribution in [2.75, 3.05) is 6.54 Å². The molecule has 1 fully saturated rings. The predicted octanol–water partition coefficient (Wildman–Crippen LogP) is -1.98. The van der Waals surface area contributed by atoms with Crippen molar-refractivity contribution in [3.8, 4) is 0 Å². The molecule has 0 aromatic carbocycles. The molecule has 0 unspecified atom stereocenters. The summed E-state index contributed by atoms with van der Waals surface area (Å²) in [7, 11) is 0. The molecule has 54 valence electrons. The molecule has 4 N–H and O–H groups in total. The standard InChI is InChI=1S/C5H11NO3/c7-3-1-4(5(8)9)6-2-3/h3-9H,1-2H2/t3-,4-/m0/s1. The Morgan fingerprint density at radius 3 is 2.33 bits per heavy atom. The second kappa shape index (κ2) is 2.62. The lowest BCUT2D eigenvalue weighted by Crippen LogP contribution is -2.34. The van der Waals surface area contributed by atoms with Gasteiger partial charge in [-0.1, -0.05) is 0 Å². The van der Waals surface area contributed by atoms with E-state index in [-0.39, 0.29) is 6.04 Å². The van der Waals surface area contributed by atoms with Crippen LogP contribution < -0.4 is 5.32 Å². The average molecular weight is 133 g/mol. The fourth-order valence-corrected chi connectivity index (χ4v) is 0.974. The highest BCUT2D eigenvalue weighted by molar-refractivity contribution is 4.81. The van der Waals surface area contributed by atoms with Crippen molar-refractivity contribution in [3.63, 3.8) is 0 Å². The monoisotopic (exact) mass is 133 g/mol. The maximum Gasteiger partial charge on any atom is 0.167 e. The Morgan fingerprint density at radius 2 is 2.11 bits per heavy atom. The van der Waals surface area contributed by atoms with Gasteiger partial charge in [-0.25, -0.2) is 0 Å². The lowest BCUT2D eigenvalue weighted by atomic mass is 10.2. The number of aliphatic hydroxyl groups excluding tert-OH is 2. The minimum atomic E-state index is -1.35. The summed E-state index contributed by atoms with van der Waals surface area (Å²) in [5.41, 5.74) is 0. The van der Waals surface area contributed by atoms with Crippen LogP contribution in [0.25, 0.3) is 0 Å². The van der Waals surface area contributed by atoms with Crippen LogP contribution in [0.15, 0.2) is 0 Å². The van der Waals surface area contributed by atoms with Crippen LogP contribution in [0.5, 0.6) is 0 Å². The van der Waals surface area contributed by atoms with Crippen LogP contribution in [0.1, 0.15) is 6.42 Å². The molecule has 1 aliphatic heterocycles. The summed E-state index contributed by atoms with van der Waals surface area (Å²) in [5, 5.41) is 28.7. The third-order valence-corrected chi connectivity index (χ3v) is 1.50. The summed E-state index contributed by atoms with van der Waals surface area (Å²) in [4.78, 5) is 0. The zero-order valence-corrected chi connectivity index (χ0v) is 4.99. The van der Waals surface area contributed by atoms with Gasteiger partial charge in [0.05, 0.1) is 12.1 Å². The van der Waals surface area contributed by atoms with Crippen LogP contribution in [0.4, 0.5) is 0 Å². The summed E-state index contributed by atoms with van der Waals surface area (Å²) in [6.07, 6.45) is -1.34. The number of nitrogens with one attached hydrogen (secondary N) is 1. The summed E-state index contributed by atoms with van der Waals surface area (Å²) in [5.74, 6) is 0. The van der Waals surface area contributed by atoms with E-state index < -0.39 is 12.4 Å². The maximum atomic E-state index is 8.86. The highest BCUT2D eigenvalue weighted by Crippen LogP contribution is 2.07. The van der Waals surface area contributed by atoms with E-state index in [0.29, 0.717) is 13.0 Å². The fraction of sp³-hybridized carbons (Fsp3) is 1.00. The third kappa shape index (κ3) is 1.62. The van der Waals surface area contributed by atoms with Crippen molar-refractivity contribution in [1.29, 1.82) is 0 Å². The Kier molecular flexibility index (Phi) is 2.02. The summed E-state index contributed by atoms with van der Waals surface area (Å²) < 4.78 is 0. The van der Waals surface area contributed by atoms with Crippen LogP contribution in [-0.2, 0) is 0 Å². The molecule has 9 heavy (non-hydrogen) atoms. The van der Waals surface area contributed by atoms with E-state index in [1.54, 1.807) is 0 Å². The molecular weight excluding hydrogens is 122 g/mol. The lowest BCUT2D eigenvalue weighted by molar-refractivity contribution is -0.0643. The second-order valence-electron chi connectivity index (χ2n) is 2.32. The fourth-order valence-electron chi connectivity index (χ4n) is 0.974. The van der Waals surface area contributed by atoms with Gasteiger partial charge in [0.15, 0.2) is 6.29 Å². The van der Waals surface area contributed by atoms with Gasteiger partial charge in [0.2, 0.25) is 0 Å². The molecule has 0 aromatic heterocycles. The van der Waals surface area contributed by atoms with Crippen molar-refractivity contribution in [1.82, 2.24) is 5.32 Å². The van der Waals surface area contributed by atoms with E-state index in [9.17, 15) is 0 Å². The quantitative estimate of drug-likeness (QED) is 0.313. The molecule has 4 nitrogen and oxygen atoms in total. The van der Waals surface area contributed by atoms with E-state index in [1.165, 1.54) is 0 Å². The molecule has 0 spiro atoms. The molecule has 0 saturated carbocycles. The molecule has 2 atom stereocenters. The highest BCUT2D eigenvalue weighted by atomic mass is 16.5. The maximum absolute atomic E-state index is 8.86. The Labute approximate surface area is 53.1 Å². The SMILES string of the molecule is OC(O)[C@@H]1C[C@H](O)CN1. The van der Waals surface area contributed by atoms with Crippen LogP contribution in [0.3, 0.4) is 0 Å². The van der Waals surface area contributed by atoms with Crippen molar-refractivity contribution in [2.24, 2.45) is 0 Å². The van der Waals surface area contributed by atoms with Crippen molar-refractivity contribution >= 4 is 0 Å². The molecule has 1 saturated heterocycles. The normalized spacial score (nSPS) is 36.0. The van der Waals surface area contributed by atoms with E-state index in [0.717, 1.165) is 0 Å². The van der Waals surface area contributed by atoms with Crippen LogP contribution in [-0.4, -0.2) is 40.3 Å². The van der Waals surface area contributed by atoms with Crippen molar-refractivity contribution < 1.29 is 15.3 Å². The van der Waals surface area contributed by atoms with Gasteiger partial charge in [-0.3, -0.25) is 0 Å². The van der Waals surface area contributed by atoms with E-state index in [1.807, 2.05) is 0 Å². The number of β-amino-alcohol motifs (C(OH)–C–C–N with tert-alkyl or cyclic N) is 1. The average Bonchev–Trinajstić information content (AvgIpc) is 2.14. The number of hydrogen-bond acceptors (Lipinski definition) is 4. The van der Waals surface area contributed by atoms with E-state index in [2.05, 4.69) is 5.32 Å². The first-order chi connectivity index (χ1) is 4.20. The van der Waals surface area contributed by atoms with Gasteiger partial charge < -0.3 is 20.6 Å². The number of rotatable bonds is 1. The van der Waals surface area contributed by atoms with E-state index >= 15 is 0 Å². The Morgan fingerprint density at radius 1 is 1.44 bits per heavy atom. The molecular formula is C5H11NO3. The van der Waals surface area contributed by atoms with Gasteiger partial charge in [-0.05, 0) is 6.42 Å².